The summed E-state index contributed by atoms with van der Waals surface area (Å²) in [5, 5.41) is 6.44. The Morgan fingerprint density at radius 2 is 1.93 bits per heavy atom. The number of rotatable bonds is 5. The molecule has 28 heavy (non-hydrogen) atoms. The summed E-state index contributed by atoms with van der Waals surface area (Å²) in [6, 6.07) is 21.9. The van der Waals surface area contributed by atoms with Gasteiger partial charge in [-0.15, -0.1) is 0 Å². The summed E-state index contributed by atoms with van der Waals surface area (Å²) < 4.78 is 0. The quantitative estimate of drug-likeness (QED) is 0.719. The SMILES string of the molecule is O=C(NCc1ccccn1)c1cccc(N2CCNC(c3ccccc3)C2)n1. The number of anilines is 1. The summed E-state index contributed by atoms with van der Waals surface area (Å²) in [5.74, 6) is 0.634. The second-order valence-corrected chi connectivity index (χ2v) is 6.75. The minimum absolute atomic E-state index is 0.192. The summed E-state index contributed by atoms with van der Waals surface area (Å²) >= 11 is 0. The van der Waals surface area contributed by atoms with Gasteiger partial charge in [-0.3, -0.25) is 9.78 Å². The molecule has 1 saturated heterocycles. The first-order valence-corrected chi connectivity index (χ1v) is 9.48. The molecule has 1 aromatic carbocycles. The van der Waals surface area contributed by atoms with E-state index in [2.05, 4.69) is 49.8 Å². The monoisotopic (exact) mass is 373 g/mol. The van der Waals surface area contributed by atoms with E-state index in [9.17, 15) is 4.79 Å². The van der Waals surface area contributed by atoms with Crippen LogP contribution in [0.5, 0.6) is 0 Å². The van der Waals surface area contributed by atoms with E-state index >= 15 is 0 Å². The van der Waals surface area contributed by atoms with Crippen molar-refractivity contribution in [2.75, 3.05) is 24.5 Å². The summed E-state index contributed by atoms with van der Waals surface area (Å²) in [7, 11) is 0. The average molecular weight is 373 g/mol. The highest BCUT2D eigenvalue weighted by Gasteiger charge is 2.22. The molecular formula is C22H23N5O. The third-order valence-electron chi connectivity index (χ3n) is 4.82. The highest BCUT2D eigenvalue weighted by Crippen LogP contribution is 2.21. The molecule has 1 aliphatic rings. The summed E-state index contributed by atoms with van der Waals surface area (Å²) in [4.78, 5) is 23.6. The molecule has 0 radical (unpaired) electrons. The number of benzene rings is 1. The molecule has 0 aliphatic carbocycles. The van der Waals surface area contributed by atoms with E-state index in [0.717, 1.165) is 31.1 Å². The van der Waals surface area contributed by atoms with Gasteiger partial charge in [-0.1, -0.05) is 42.5 Å². The molecule has 2 N–H and O–H groups in total. The highest BCUT2D eigenvalue weighted by molar-refractivity contribution is 5.92. The predicted octanol–water partition coefficient (Wildman–Crippen LogP) is 2.56. The van der Waals surface area contributed by atoms with Gasteiger partial charge in [-0.25, -0.2) is 4.98 Å². The number of aromatic nitrogens is 2. The van der Waals surface area contributed by atoms with Crippen molar-refractivity contribution in [2.24, 2.45) is 0 Å². The van der Waals surface area contributed by atoms with Gasteiger partial charge < -0.3 is 15.5 Å². The lowest BCUT2D eigenvalue weighted by Crippen LogP contribution is -2.46. The second kappa shape index (κ2) is 8.63. The number of amides is 1. The molecule has 3 heterocycles. The van der Waals surface area contributed by atoms with Gasteiger partial charge in [-0.05, 0) is 29.8 Å². The molecule has 0 spiro atoms. The van der Waals surface area contributed by atoms with Crippen LogP contribution in [0.4, 0.5) is 5.82 Å². The Morgan fingerprint density at radius 1 is 1.07 bits per heavy atom. The number of carbonyl (C=O) groups excluding carboxylic acids is 1. The molecule has 3 aromatic rings. The van der Waals surface area contributed by atoms with E-state index < -0.39 is 0 Å². The number of nitrogens with zero attached hydrogens (tertiary/aromatic N) is 3. The Labute approximate surface area is 164 Å². The van der Waals surface area contributed by atoms with E-state index in [1.807, 2.05) is 36.4 Å². The molecule has 2 aromatic heterocycles. The lowest BCUT2D eigenvalue weighted by molar-refractivity contribution is 0.0945. The fourth-order valence-electron chi connectivity index (χ4n) is 3.36. The van der Waals surface area contributed by atoms with Gasteiger partial charge in [0.2, 0.25) is 0 Å². The molecule has 1 atom stereocenters. The van der Waals surface area contributed by atoms with E-state index in [-0.39, 0.29) is 11.9 Å². The molecule has 1 unspecified atom stereocenters. The number of pyridine rings is 2. The van der Waals surface area contributed by atoms with Crippen LogP contribution >= 0.6 is 0 Å². The molecule has 6 nitrogen and oxygen atoms in total. The topological polar surface area (TPSA) is 70.2 Å². The van der Waals surface area contributed by atoms with Crippen molar-refractivity contribution in [2.45, 2.75) is 12.6 Å². The molecule has 1 fully saturated rings. The van der Waals surface area contributed by atoms with Crippen LogP contribution in [0.1, 0.15) is 27.8 Å². The van der Waals surface area contributed by atoms with Crippen LogP contribution in [0.3, 0.4) is 0 Å². The molecule has 6 heteroatoms. The standard InChI is InChI=1S/C22H23N5O/c28-22(25-15-18-9-4-5-12-23-18)19-10-6-11-21(26-19)27-14-13-24-20(16-27)17-7-2-1-3-8-17/h1-12,20,24H,13-16H2,(H,25,28). The zero-order valence-electron chi connectivity index (χ0n) is 15.6. The van der Waals surface area contributed by atoms with E-state index in [1.54, 1.807) is 12.3 Å². The van der Waals surface area contributed by atoms with Gasteiger partial charge in [0.15, 0.2) is 0 Å². The maximum Gasteiger partial charge on any atom is 0.270 e. The molecular weight excluding hydrogens is 350 g/mol. The molecule has 142 valence electrons. The summed E-state index contributed by atoms with van der Waals surface area (Å²) in [5.41, 5.74) is 2.50. The third-order valence-corrected chi connectivity index (χ3v) is 4.82. The summed E-state index contributed by atoms with van der Waals surface area (Å²) in [6.07, 6.45) is 1.72. The van der Waals surface area contributed by atoms with Crippen LogP contribution in [0.25, 0.3) is 0 Å². The largest absolute Gasteiger partial charge is 0.353 e. The highest BCUT2D eigenvalue weighted by atomic mass is 16.1. The fourth-order valence-corrected chi connectivity index (χ4v) is 3.36. The van der Waals surface area contributed by atoms with Crippen molar-refractivity contribution in [1.29, 1.82) is 0 Å². The molecule has 0 bridgehead atoms. The Kier molecular flexibility index (Phi) is 5.58. The number of nitrogens with one attached hydrogen (secondary N) is 2. The predicted molar refractivity (Wildman–Crippen MR) is 109 cm³/mol. The van der Waals surface area contributed by atoms with Gasteiger partial charge >= 0.3 is 0 Å². The fraction of sp³-hybridized carbons (Fsp3) is 0.227. The summed E-state index contributed by atoms with van der Waals surface area (Å²) in [6.45, 7) is 2.93. The van der Waals surface area contributed by atoms with Crippen molar-refractivity contribution in [3.05, 3.63) is 89.9 Å². The minimum atomic E-state index is -0.192. The van der Waals surface area contributed by atoms with Gasteiger partial charge in [0.1, 0.15) is 11.5 Å². The van der Waals surface area contributed by atoms with Crippen molar-refractivity contribution in [3.63, 3.8) is 0 Å². The molecule has 1 amide bonds. The molecule has 4 rings (SSSR count). The van der Waals surface area contributed by atoms with E-state index in [0.29, 0.717) is 12.2 Å². The lowest BCUT2D eigenvalue weighted by atomic mass is 10.0. The lowest BCUT2D eigenvalue weighted by Gasteiger charge is -2.34. The van der Waals surface area contributed by atoms with E-state index in [1.165, 1.54) is 5.56 Å². The van der Waals surface area contributed by atoms with Crippen LogP contribution in [-0.2, 0) is 6.54 Å². The Balaban J connectivity index is 1.43. The van der Waals surface area contributed by atoms with Crippen LogP contribution in [0, 0.1) is 0 Å². The minimum Gasteiger partial charge on any atom is -0.353 e. The van der Waals surface area contributed by atoms with Crippen LogP contribution < -0.4 is 15.5 Å². The number of piperazine rings is 1. The van der Waals surface area contributed by atoms with Crippen molar-refractivity contribution in [1.82, 2.24) is 20.6 Å². The second-order valence-electron chi connectivity index (χ2n) is 6.75. The third kappa shape index (κ3) is 4.35. The normalized spacial score (nSPS) is 16.6. The first-order chi connectivity index (χ1) is 13.8. The van der Waals surface area contributed by atoms with Crippen LogP contribution in [0.2, 0.25) is 0 Å². The van der Waals surface area contributed by atoms with Crippen molar-refractivity contribution >= 4 is 11.7 Å². The van der Waals surface area contributed by atoms with Crippen LogP contribution in [0.15, 0.2) is 72.9 Å². The molecule has 1 aliphatic heterocycles. The number of carbonyl (C=O) groups is 1. The van der Waals surface area contributed by atoms with Gasteiger partial charge in [-0.2, -0.15) is 0 Å². The number of hydrogen-bond acceptors (Lipinski definition) is 5. The van der Waals surface area contributed by atoms with Crippen molar-refractivity contribution in [3.8, 4) is 0 Å². The zero-order chi connectivity index (χ0) is 19.2. The maximum atomic E-state index is 12.5. The van der Waals surface area contributed by atoms with Gasteiger partial charge in [0.25, 0.3) is 5.91 Å². The smallest absolute Gasteiger partial charge is 0.270 e. The maximum absolute atomic E-state index is 12.5. The Morgan fingerprint density at radius 3 is 2.75 bits per heavy atom. The first kappa shape index (κ1) is 18.1. The van der Waals surface area contributed by atoms with Gasteiger partial charge in [0, 0.05) is 31.9 Å². The molecule has 0 saturated carbocycles. The Hall–Kier alpha value is -3.25. The Bertz CT molecular complexity index is 916. The number of hydrogen-bond donors (Lipinski definition) is 2. The van der Waals surface area contributed by atoms with Crippen molar-refractivity contribution < 1.29 is 4.79 Å². The zero-order valence-corrected chi connectivity index (χ0v) is 15.6. The average Bonchev–Trinajstić information content (AvgIpc) is 2.79. The van der Waals surface area contributed by atoms with Crippen LogP contribution in [-0.4, -0.2) is 35.5 Å². The first-order valence-electron chi connectivity index (χ1n) is 9.48. The van der Waals surface area contributed by atoms with E-state index in [4.69, 9.17) is 0 Å². The van der Waals surface area contributed by atoms with Gasteiger partial charge in [0.05, 0.1) is 12.2 Å².